The first-order chi connectivity index (χ1) is 7.62. The van der Waals surface area contributed by atoms with E-state index in [1.54, 1.807) is 11.8 Å². The van der Waals surface area contributed by atoms with E-state index in [-0.39, 0.29) is 11.6 Å². The second kappa shape index (κ2) is 7.67. The zero-order chi connectivity index (χ0) is 12.6. The Balaban J connectivity index is 5.00. The molecule has 0 bridgehead atoms. The first-order valence-electron chi connectivity index (χ1n) is 5.10. The highest BCUT2D eigenvalue weighted by Crippen LogP contribution is 1.96. The fourth-order valence-electron chi connectivity index (χ4n) is 1.19. The van der Waals surface area contributed by atoms with Crippen LogP contribution in [0.5, 0.6) is 0 Å². The smallest absolute Gasteiger partial charge is 0.277 e. The molecule has 0 saturated heterocycles. The molecule has 0 aromatic heterocycles. The maximum Gasteiger partial charge on any atom is 0.277 e. The van der Waals surface area contributed by atoms with Gasteiger partial charge in [0, 0.05) is 13.1 Å². The summed E-state index contributed by atoms with van der Waals surface area (Å²) in [7, 11) is 2.80. The number of amides is 1. The molecule has 0 spiro atoms. The van der Waals surface area contributed by atoms with Crippen LogP contribution < -0.4 is 0 Å². The van der Waals surface area contributed by atoms with E-state index in [9.17, 15) is 4.79 Å². The van der Waals surface area contributed by atoms with Crippen LogP contribution >= 0.6 is 0 Å². The second-order valence-electron chi connectivity index (χ2n) is 2.96. The van der Waals surface area contributed by atoms with Crippen molar-refractivity contribution in [1.82, 2.24) is 4.90 Å². The molecule has 0 N–H and O–H groups in total. The first-order valence-corrected chi connectivity index (χ1v) is 5.10. The van der Waals surface area contributed by atoms with Crippen LogP contribution in [0.1, 0.15) is 20.8 Å². The number of oxime groups is 2. The van der Waals surface area contributed by atoms with Gasteiger partial charge in [0.25, 0.3) is 5.91 Å². The Morgan fingerprint density at radius 2 is 1.62 bits per heavy atom. The Morgan fingerprint density at radius 3 is 2.00 bits per heavy atom. The fourth-order valence-corrected chi connectivity index (χ4v) is 1.19. The van der Waals surface area contributed by atoms with Crippen molar-refractivity contribution in [3.05, 3.63) is 0 Å². The van der Waals surface area contributed by atoms with Gasteiger partial charge in [0.1, 0.15) is 19.9 Å². The summed E-state index contributed by atoms with van der Waals surface area (Å²) in [5.41, 5.74) is 0.550. The fraction of sp³-hybridized carbons (Fsp3) is 0.700. The van der Waals surface area contributed by atoms with Crippen molar-refractivity contribution in [1.29, 1.82) is 0 Å². The van der Waals surface area contributed by atoms with Gasteiger partial charge < -0.3 is 14.6 Å². The van der Waals surface area contributed by atoms with Gasteiger partial charge in [-0.2, -0.15) is 0 Å². The molecule has 0 rings (SSSR count). The number of carbonyl (C=O) groups is 1. The summed E-state index contributed by atoms with van der Waals surface area (Å²) < 4.78 is 0. The van der Waals surface area contributed by atoms with Crippen LogP contribution in [0.25, 0.3) is 0 Å². The van der Waals surface area contributed by atoms with Crippen molar-refractivity contribution in [2.45, 2.75) is 20.8 Å². The van der Waals surface area contributed by atoms with E-state index in [0.717, 1.165) is 0 Å². The molecule has 0 aromatic rings. The van der Waals surface area contributed by atoms with Crippen LogP contribution in [0.3, 0.4) is 0 Å². The number of hydrogen-bond donors (Lipinski definition) is 0. The van der Waals surface area contributed by atoms with Gasteiger partial charge in [0.2, 0.25) is 0 Å². The van der Waals surface area contributed by atoms with Crippen LogP contribution in [0.4, 0.5) is 0 Å². The van der Waals surface area contributed by atoms with Crippen molar-refractivity contribution in [3.8, 4) is 0 Å². The third-order valence-electron chi connectivity index (χ3n) is 2.01. The highest BCUT2D eigenvalue weighted by molar-refractivity contribution is 6.66. The van der Waals surface area contributed by atoms with Gasteiger partial charge in [-0.05, 0) is 20.8 Å². The molecule has 0 aliphatic rings. The van der Waals surface area contributed by atoms with Crippen molar-refractivity contribution in [2.75, 3.05) is 27.3 Å². The normalized spacial score (nSPS) is 12.3. The molecule has 0 saturated carbocycles. The van der Waals surface area contributed by atoms with Crippen LogP contribution in [0.15, 0.2) is 10.3 Å². The number of rotatable bonds is 6. The number of nitrogens with zero attached hydrogens (tertiary/aromatic N) is 3. The Hall–Kier alpha value is -1.59. The average Bonchev–Trinajstić information content (AvgIpc) is 2.27. The minimum absolute atomic E-state index is 0.160. The number of carbonyl (C=O) groups excluding carboxylic acids is 1. The third kappa shape index (κ3) is 3.88. The van der Waals surface area contributed by atoms with Gasteiger partial charge in [0.15, 0.2) is 5.71 Å². The average molecular weight is 229 g/mol. The van der Waals surface area contributed by atoms with Crippen LogP contribution in [-0.2, 0) is 14.5 Å². The van der Waals surface area contributed by atoms with Gasteiger partial charge in [-0.1, -0.05) is 10.3 Å². The maximum absolute atomic E-state index is 12.0. The lowest BCUT2D eigenvalue weighted by Gasteiger charge is -2.18. The van der Waals surface area contributed by atoms with Crippen molar-refractivity contribution < 1.29 is 14.5 Å². The molecular formula is C10H19N3O3. The summed E-state index contributed by atoms with van der Waals surface area (Å²) in [6.45, 7) is 6.66. The molecule has 92 valence electrons. The van der Waals surface area contributed by atoms with E-state index < -0.39 is 0 Å². The molecule has 0 unspecified atom stereocenters. The molecule has 16 heavy (non-hydrogen) atoms. The molecule has 6 heteroatoms. The SMILES string of the molecule is CCN(CC)C(=O)C(=NOC)C(C)=NOC. The van der Waals surface area contributed by atoms with Crippen LogP contribution in [0.2, 0.25) is 0 Å². The number of hydrogen-bond acceptors (Lipinski definition) is 5. The van der Waals surface area contributed by atoms with E-state index in [2.05, 4.69) is 20.0 Å². The first kappa shape index (κ1) is 14.4. The molecule has 0 radical (unpaired) electrons. The standard InChI is InChI=1S/C10H19N3O3/c1-6-13(7-2)10(14)9(12-16-5)8(3)11-15-4/h6-7H2,1-5H3. The van der Waals surface area contributed by atoms with Crippen LogP contribution in [-0.4, -0.2) is 49.5 Å². The van der Waals surface area contributed by atoms with E-state index in [1.165, 1.54) is 14.2 Å². The summed E-state index contributed by atoms with van der Waals surface area (Å²) in [5.74, 6) is -0.217. The van der Waals surface area contributed by atoms with Crippen molar-refractivity contribution in [3.63, 3.8) is 0 Å². The van der Waals surface area contributed by atoms with Crippen LogP contribution in [0, 0.1) is 0 Å². The molecular weight excluding hydrogens is 210 g/mol. The Labute approximate surface area is 95.9 Å². The molecule has 0 aliphatic carbocycles. The van der Waals surface area contributed by atoms with Gasteiger partial charge in [0.05, 0.1) is 0 Å². The van der Waals surface area contributed by atoms with Gasteiger partial charge in [-0.15, -0.1) is 0 Å². The molecule has 0 atom stereocenters. The van der Waals surface area contributed by atoms with E-state index in [4.69, 9.17) is 0 Å². The lowest BCUT2D eigenvalue weighted by atomic mass is 10.2. The minimum atomic E-state index is -0.217. The van der Waals surface area contributed by atoms with E-state index in [1.807, 2.05) is 13.8 Å². The Kier molecular flexibility index (Phi) is 6.91. The monoisotopic (exact) mass is 229 g/mol. The van der Waals surface area contributed by atoms with Crippen molar-refractivity contribution >= 4 is 17.3 Å². The molecule has 0 fully saturated rings. The van der Waals surface area contributed by atoms with Gasteiger partial charge in [-0.25, -0.2) is 0 Å². The summed E-state index contributed by atoms with van der Waals surface area (Å²) in [4.78, 5) is 22.9. The highest BCUT2D eigenvalue weighted by Gasteiger charge is 2.21. The molecule has 0 heterocycles. The van der Waals surface area contributed by atoms with Crippen molar-refractivity contribution in [2.24, 2.45) is 10.3 Å². The summed E-state index contributed by atoms with van der Waals surface area (Å²) >= 11 is 0. The quantitative estimate of drug-likeness (QED) is 0.501. The van der Waals surface area contributed by atoms with E-state index >= 15 is 0 Å². The van der Waals surface area contributed by atoms with E-state index in [0.29, 0.717) is 18.8 Å². The maximum atomic E-state index is 12.0. The molecule has 0 aromatic carbocycles. The lowest BCUT2D eigenvalue weighted by Crippen LogP contribution is -2.39. The second-order valence-corrected chi connectivity index (χ2v) is 2.96. The summed E-state index contributed by atoms with van der Waals surface area (Å²) in [6.07, 6.45) is 0. The molecule has 1 amide bonds. The Bertz CT molecular complexity index is 283. The summed E-state index contributed by atoms with van der Waals surface area (Å²) in [5, 5.41) is 7.35. The lowest BCUT2D eigenvalue weighted by molar-refractivity contribution is -0.123. The Morgan fingerprint density at radius 1 is 1.12 bits per heavy atom. The van der Waals surface area contributed by atoms with Gasteiger partial charge >= 0.3 is 0 Å². The minimum Gasteiger partial charge on any atom is -0.399 e. The third-order valence-corrected chi connectivity index (χ3v) is 2.01. The molecule has 6 nitrogen and oxygen atoms in total. The largest absolute Gasteiger partial charge is 0.399 e. The topological polar surface area (TPSA) is 63.5 Å². The predicted octanol–water partition coefficient (Wildman–Crippen LogP) is 0.879. The zero-order valence-corrected chi connectivity index (χ0v) is 10.5. The molecule has 0 aliphatic heterocycles. The predicted molar refractivity (Wildman–Crippen MR) is 62.5 cm³/mol. The zero-order valence-electron chi connectivity index (χ0n) is 10.5. The highest BCUT2D eigenvalue weighted by atomic mass is 16.6. The summed E-state index contributed by atoms with van der Waals surface area (Å²) in [6, 6.07) is 0. The van der Waals surface area contributed by atoms with Gasteiger partial charge in [-0.3, -0.25) is 4.79 Å².